The van der Waals surface area contributed by atoms with Crippen LogP contribution in [0.2, 0.25) is 10.0 Å². The zero-order chi connectivity index (χ0) is 16.8. The highest BCUT2D eigenvalue weighted by molar-refractivity contribution is 6.36. The van der Waals surface area contributed by atoms with E-state index >= 15 is 0 Å². The average molecular weight is 352 g/mol. The van der Waals surface area contributed by atoms with Gasteiger partial charge >= 0.3 is 0 Å². The third-order valence-electron chi connectivity index (χ3n) is 3.39. The number of unbranched alkanes of at least 4 members (excludes halogenated alkanes) is 1. The maximum atomic E-state index is 12.4. The molecule has 6 heteroatoms. The second-order valence-electron chi connectivity index (χ2n) is 5.26. The second kappa shape index (κ2) is 8.18. The van der Waals surface area contributed by atoms with E-state index in [1.165, 1.54) is 0 Å². The predicted octanol–water partition coefficient (Wildman–Crippen LogP) is 5.00. The molecule has 2 rings (SSSR count). The van der Waals surface area contributed by atoms with Crippen molar-refractivity contribution < 1.29 is 4.79 Å². The monoisotopic (exact) mass is 351 g/mol. The molecule has 0 fully saturated rings. The van der Waals surface area contributed by atoms with E-state index in [9.17, 15) is 4.79 Å². The number of benzene rings is 1. The molecular formula is C17H19Cl2N3O. The van der Waals surface area contributed by atoms with Crippen LogP contribution >= 0.6 is 23.2 Å². The lowest BCUT2D eigenvalue weighted by atomic mass is 10.2. The number of hydrogen-bond acceptors (Lipinski definition) is 3. The van der Waals surface area contributed by atoms with E-state index in [-0.39, 0.29) is 5.91 Å². The third-order valence-corrected chi connectivity index (χ3v) is 3.94. The molecule has 0 saturated heterocycles. The van der Waals surface area contributed by atoms with Gasteiger partial charge in [-0.15, -0.1) is 0 Å². The molecule has 0 aliphatic carbocycles. The number of hydrogen-bond donors (Lipinski definition) is 1. The van der Waals surface area contributed by atoms with E-state index in [4.69, 9.17) is 23.2 Å². The highest BCUT2D eigenvalue weighted by Crippen LogP contribution is 2.27. The van der Waals surface area contributed by atoms with Gasteiger partial charge in [0.05, 0.1) is 10.7 Å². The van der Waals surface area contributed by atoms with E-state index in [0.29, 0.717) is 27.1 Å². The smallest absolute Gasteiger partial charge is 0.253 e. The van der Waals surface area contributed by atoms with Crippen LogP contribution in [0.15, 0.2) is 36.5 Å². The minimum Gasteiger partial charge on any atom is -0.342 e. The number of anilines is 2. The average Bonchev–Trinajstić information content (AvgIpc) is 2.55. The number of halogens is 2. The van der Waals surface area contributed by atoms with Crippen molar-refractivity contribution in [1.29, 1.82) is 0 Å². The van der Waals surface area contributed by atoms with Crippen LogP contribution in [0.3, 0.4) is 0 Å². The van der Waals surface area contributed by atoms with Crippen LogP contribution < -0.4 is 5.32 Å². The minimum absolute atomic E-state index is 0.0221. The zero-order valence-corrected chi connectivity index (χ0v) is 14.7. The van der Waals surface area contributed by atoms with Crippen LogP contribution in [0.5, 0.6) is 0 Å². The number of rotatable bonds is 6. The Labute approximate surface area is 146 Å². The van der Waals surface area contributed by atoms with Crippen LogP contribution in [-0.4, -0.2) is 29.4 Å². The largest absolute Gasteiger partial charge is 0.342 e. The summed E-state index contributed by atoms with van der Waals surface area (Å²) in [4.78, 5) is 18.3. The molecule has 1 aromatic carbocycles. The highest BCUT2D eigenvalue weighted by atomic mass is 35.5. The van der Waals surface area contributed by atoms with E-state index in [1.54, 1.807) is 41.4 Å². The van der Waals surface area contributed by atoms with Crippen LogP contribution in [0.1, 0.15) is 30.1 Å². The first-order chi connectivity index (χ1) is 11.0. The van der Waals surface area contributed by atoms with Gasteiger partial charge < -0.3 is 10.2 Å². The second-order valence-corrected chi connectivity index (χ2v) is 6.10. The summed E-state index contributed by atoms with van der Waals surface area (Å²) < 4.78 is 0. The molecule has 4 nitrogen and oxygen atoms in total. The lowest BCUT2D eigenvalue weighted by Crippen LogP contribution is -2.27. The Morgan fingerprint density at radius 1 is 1.26 bits per heavy atom. The zero-order valence-electron chi connectivity index (χ0n) is 13.1. The molecule has 0 bridgehead atoms. The van der Waals surface area contributed by atoms with Crippen molar-refractivity contribution in [3.05, 3.63) is 52.1 Å². The van der Waals surface area contributed by atoms with Gasteiger partial charge in [0, 0.05) is 30.4 Å². The topological polar surface area (TPSA) is 45.2 Å². The summed E-state index contributed by atoms with van der Waals surface area (Å²) in [7, 11) is 1.81. The van der Waals surface area contributed by atoms with Gasteiger partial charge in [-0.05, 0) is 36.8 Å². The van der Waals surface area contributed by atoms with E-state index < -0.39 is 0 Å². The number of nitrogens with zero attached hydrogens (tertiary/aromatic N) is 2. The lowest BCUT2D eigenvalue weighted by molar-refractivity contribution is 0.0793. The standard InChI is InChI=1S/C17H19Cl2N3O/c1-3-4-9-22(2)17(23)12-7-8-20-16(10-12)21-15-6-5-13(18)11-14(15)19/h5-8,10-11H,3-4,9H2,1-2H3,(H,20,21). The maximum Gasteiger partial charge on any atom is 0.253 e. The summed E-state index contributed by atoms with van der Waals surface area (Å²) >= 11 is 12.0. The highest BCUT2D eigenvalue weighted by Gasteiger charge is 2.12. The molecule has 0 saturated carbocycles. The van der Waals surface area contributed by atoms with Gasteiger partial charge in [-0.1, -0.05) is 36.5 Å². The molecule has 2 aromatic rings. The normalized spacial score (nSPS) is 10.4. The fraction of sp³-hybridized carbons (Fsp3) is 0.294. The Kier molecular flexibility index (Phi) is 6.25. The minimum atomic E-state index is -0.0221. The van der Waals surface area contributed by atoms with Crippen molar-refractivity contribution in [2.75, 3.05) is 18.9 Å². The SMILES string of the molecule is CCCCN(C)C(=O)c1ccnc(Nc2ccc(Cl)cc2Cl)c1. The van der Waals surface area contributed by atoms with E-state index in [0.717, 1.165) is 19.4 Å². The first kappa shape index (κ1) is 17.6. The third kappa shape index (κ3) is 4.85. The molecule has 1 heterocycles. The molecular weight excluding hydrogens is 333 g/mol. The molecule has 1 aromatic heterocycles. The first-order valence-corrected chi connectivity index (χ1v) is 8.20. The molecule has 23 heavy (non-hydrogen) atoms. The van der Waals surface area contributed by atoms with Gasteiger partial charge in [0.1, 0.15) is 5.82 Å². The number of nitrogens with one attached hydrogen (secondary N) is 1. The molecule has 0 aliphatic heterocycles. The summed E-state index contributed by atoms with van der Waals surface area (Å²) in [6.45, 7) is 2.84. The van der Waals surface area contributed by atoms with Crippen molar-refractivity contribution in [1.82, 2.24) is 9.88 Å². The Balaban J connectivity index is 2.14. The molecule has 0 spiro atoms. The van der Waals surface area contributed by atoms with Crippen molar-refractivity contribution in [2.24, 2.45) is 0 Å². The number of aromatic nitrogens is 1. The quantitative estimate of drug-likeness (QED) is 0.795. The number of amides is 1. The van der Waals surface area contributed by atoms with Crippen molar-refractivity contribution in [2.45, 2.75) is 19.8 Å². The predicted molar refractivity (Wildman–Crippen MR) is 95.9 cm³/mol. The van der Waals surface area contributed by atoms with Crippen LogP contribution in [-0.2, 0) is 0 Å². The van der Waals surface area contributed by atoms with Gasteiger partial charge in [0.25, 0.3) is 5.91 Å². The molecule has 0 aliphatic rings. The molecule has 1 amide bonds. The maximum absolute atomic E-state index is 12.4. The van der Waals surface area contributed by atoms with Crippen molar-refractivity contribution in [3.63, 3.8) is 0 Å². The van der Waals surface area contributed by atoms with E-state index in [1.807, 2.05) is 7.05 Å². The Bertz CT molecular complexity index is 691. The number of pyridine rings is 1. The van der Waals surface area contributed by atoms with Gasteiger partial charge in [0.2, 0.25) is 0 Å². The summed E-state index contributed by atoms with van der Waals surface area (Å²) in [5, 5.41) is 4.17. The molecule has 1 N–H and O–H groups in total. The fourth-order valence-electron chi connectivity index (χ4n) is 2.08. The molecule has 122 valence electrons. The number of carbonyl (C=O) groups excluding carboxylic acids is 1. The van der Waals surface area contributed by atoms with Gasteiger partial charge in [-0.25, -0.2) is 4.98 Å². The summed E-state index contributed by atoms with van der Waals surface area (Å²) in [6, 6.07) is 8.59. The molecule has 0 radical (unpaired) electrons. The Morgan fingerprint density at radius 3 is 2.74 bits per heavy atom. The van der Waals surface area contributed by atoms with Gasteiger partial charge in [-0.2, -0.15) is 0 Å². The van der Waals surface area contributed by atoms with Crippen molar-refractivity contribution >= 4 is 40.6 Å². The fourth-order valence-corrected chi connectivity index (χ4v) is 2.53. The first-order valence-electron chi connectivity index (χ1n) is 7.45. The lowest BCUT2D eigenvalue weighted by Gasteiger charge is -2.17. The summed E-state index contributed by atoms with van der Waals surface area (Å²) in [5.41, 5.74) is 1.28. The Hall–Kier alpha value is -1.78. The van der Waals surface area contributed by atoms with Crippen LogP contribution in [0.25, 0.3) is 0 Å². The van der Waals surface area contributed by atoms with Crippen molar-refractivity contribution in [3.8, 4) is 0 Å². The van der Waals surface area contributed by atoms with Gasteiger partial charge in [0.15, 0.2) is 0 Å². The molecule has 0 atom stereocenters. The van der Waals surface area contributed by atoms with Crippen LogP contribution in [0, 0.1) is 0 Å². The number of carbonyl (C=O) groups is 1. The summed E-state index contributed by atoms with van der Waals surface area (Å²) in [6.07, 6.45) is 3.64. The molecule has 0 unspecified atom stereocenters. The van der Waals surface area contributed by atoms with Crippen LogP contribution in [0.4, 0.5) is 11.5 Å². The Morgan fingerprint density at radius 2 is 2.04 bits per heavy atom. The van der Waals surface area contributed by atoms with Gasteiger partial charge in [-0.3, -0.25) is 4.79 Å². The van der Waals surface area contributed by atoms with E-state index in [2.05, 4.69) is 17.2 Å². The summed E-state index contributed by atoms with van der Waals surface area (Å²) in [5.74, 6) is 0.537.